The van der Waals surface area contributed by atoms with Crippen LogP contribution in [0.1, 0.15) is 0 Å². The number of hydrogen-bond acceptors (Lipinski definition) is 5. The van der Waals surface area contributed by atoms with E-state index in [1.807, 2.05) is 0 Å². The van der Waals surface area contributed by atoms with Crippen LogP contribution in [-0.4, -0.2) is 39.9 Å². The van der Waals surface area contributed by atoms with Gasteiger partial charge in [0.1, 0.15) is 23.4 Å². The molecule has 27 heavy (non-hydrogen) atoms. The van der Waals surface area contributed by atoms with Gasteiger partial charge in [0.15, 0.2) is 6.10 Å². The van der Waals surface area contributed by atoms with Crippen molar-refractivity contribution >= 4 is 27.7 Å². The number of cyclic esters (lactones) is 1. The van der Waals surface area contributed by atoms with Crippen LogP contribution in [0.2, 0.25) is 0 Å². The van der Waals surface area contributed by atoms with E-state index >= 15 is 0 Å². The van der Waals surface area contributed by atoms with Crippen molar-refractivity contribution in [3.63, 3.8) is 0 Å². The number of rotatable bonds is 5. The Morgan fingerprint density at radius 2 is 2.19 bits per heavy atom. The molecule has 0 radical (unpaired) electrons. The number of ether oxygens (including phenoxy) is 2. The van der Waals surface area contributed by atoms with Crippen molar-refractivity contribution in [3.05, 3.63) is 65.5 Å². The molecule has 1 saturated heterocycles. The third kappa shape index (κ3) is 3.77. The number of carbonyl (C=O) groups excluding carboxylic acids is 1. The summed E-state index contributed by atoms with van der Waals surface area (Å²) >= 11 is 3.23. The summed E-state index contributed by atoms with van der Waals surface area (Å²) in [5.41, 5.74) is 0.750. The summed E-state index contributed by atoms with van der Waals surface area (Å²) < 4.78 is 27.5. The second-order valence-corrected chi connectivity index (χ2v) is 6.65. The Kier molecular flexibility index (Phi) is 4.76. The molecular formula is C18H14BrFN4O3. The Labute approximate surface area is 162 Å². The predicted octanol–water partition coefficient (Wildman–Crippen LogP) is 3.57. The molecule has 1 fully saturated rings. The fourth-order valence-corrected chi connectivity index (χ4v) is 3.05. The fraction of sp³-hybridized carbons (Fsp3) is 0.167. The highest BCUT2D eigenvalue weighted by Gasteiger charge is 2.33. The first-order chi connectivity index (χ1) is 13.1. The van der Waals surface area contributed by atoms with Gasteiger partial charge in [-0.3, -0.25) is 4.90 Å². The van der Waals surface area contributed by atoms with E-state index in [1.165, 1.54) is 17.3 Å². The number of halogens is 2. The van der Waals surface area contributed by atoms with Gasteiger partial charge in [-0.1, -0.05) is 6.07 Å². The molecule has 7 nitrogen and oxygen atoms in total. The van der Waals surface area contributed by atoms with Gasteiger partial charge in [-0.05, 0) is 40.2 Å². The van der Waals surface area contributed by atoms with E-state index in [1.54, 1.807) is 47.3 Å². The van der Waals surface area contributed by atoms with Crippen molar-refractivity contribution in [2.75, 3.05) is 18.1 Å². The summed E-state index contributed by atoms with van der Waals surface area (Å²) in [6.45, 7) is 0.434. The van der Waals surface area contributed by atoms with Crippen molar-refractivity contribution in [1.29, 1.82) is 0 Å². The molecule has 0 saturated carbocycles. The smallest absolute Gasteiger partial charge is 0.414 e. The number of hydrogen-bond donors (Lipinski definition) is 0. The van der Waals surface area contributed by atoms with Gasteiger partial charge in [0.25, 0.3) is 0 Å². The lowest BCUT2D eigenvalue weighted by molar-refractivity contribution is 0.103. The molecule has 1 aliphatic heterocycles. The summed E-state index contributed by atoms with van der Waals surface area (Å²) in [4.78, 5) is 21.6. The van der Waals surface area contributed by atoms with Crippen molar-refractivity contribution in [2.24, 2.45) is 0 Å². The largest absolute Gasteiger partial charge is 0.474 e. The van der Waals surface area contributed by atoms with Crippen LogP contribution in [0.5, 0.6) is 5.88 Å². The fourth-order valence-electron chi connectivity index (χ4n) is 2.73. The maximum atomic E-state index is 14.5. The van der Waals surface area contributed by atoms with E-state index in [0.29, 0.717) is 21.9 Å². The number of pyridine rings is 1. The summed E-state index contributed by atoms with van der Waals surface area (Å²) in [6.07, 6.45) is 3.75. The molecule has 138 valence electrons. The number of nitrogens with zero attached hydrogens (tertiary/aromatic N) is 4. The van der Waals surface area contributed by atoms with E-state index in [0.717, 1.165) is 0 Å². The number of amides is 1. The zero-order valence-electron chi connectivity index (χ0n) is 14.0. The van der Waals surface area contributed by atoms with Crippen molar-refractivity contribution in [3.8, 4) is 11.6 Å². The Morgan fingerprint density at radius 1 is 1.30 bits per heavy atom. The maximum Gasteiger partial charge on any atom is 0.414 e. The van der Waals surface area contributed by atoms with Gasteiger partial charge in [-0.25, -0.2) is 19.2 Å². The monoisotopic (exact) mass is 432 g/mol. The van der Waals surface area contributed by atoms with Crippen LogP contribution in [0.25, 0.3) is 5.69 Å². The van der Waals surface area contributed by atoms with E-state index < -0.39 is 18.0 Å². The van der Waals surface area contributed by atoms with Gasteiger partial charge in [-0.15, -0.1) is 0 Å². The van der Waals surface area contributed by atoms with Gasteiger partial charge in [-0.2, -0.15) is 0 Å². The normalized spacial score (nSPS) is 16.4. The lowest BCUT2D eigenvalue weighted by Gasteiger charge is -2.14. The van der Waals surface area contributed by atoms with Gasteiger partial charge >= 0.3 is 6.09 Å². The third-order valence-corrected chi connectivity index (χ3v) is 4.41. The highest BCUT2D eigenvalue weighted by Crippen LogP contribution is 2.26. The SMILES string of the molecule is O=C1O[C@@H](COc2ccccn2)CN1c1ccc(-n2cnc(Br)c2)c(F)c1. The number of aromatic nitrogens is 3. The average Bonchev–Trinajstić information content (AvgIpc) is 3.26. The zero-order chi connectivity index (χ0) is 18.8. The number of imidazole rings is 1. The Hall–Kier alpha value is -2.94. The minimum Gasteiger partial charge on any atom is -0.474 e. The standard InChI is InChI=1S/C18H14BrFN4O3/c19-16-9-23(11-22-16)15-5-4-12(7-14(15)20)24-8-13(27-18(24)25)10-26-17-3-1-2-6-21-17/h1-7,9,11,13H,8,10H2/t13-/m1/s1. The first-order valence-electron chi connectivity index (χ1n) is 8.11. The predicted molar refractivity (Wildman–Crippen MR) is 98.6 cm³/mol. The van der Waals surface area contributed by atoms with Crippen molar-refractivity contribution in [1.82, 2.24) is 14.5 Å². The van der Waals surface area contributed by atoms with Crippen LogP contribution in [-0.2, 0) is 4.74 Å². The van der Waals surface area contributed by atoms with Gasteiger partial charge in [0, 0.05) is 18.5 Å². The lowest BCUT2D eigenvalue weighted by atomic mass is 10.2. The first-order valence-corrected chi connectivity index (χ1v) is 8.91. The highest BCUT2D eigenvalue weighted by atomic mass is 79.9. The molecule has 9 heteroatoms. The molecule has 0 unspecified atom stereocenters. The Morgan fingerprint density at radius 3 is 2.89 bits per heavy atom. The molecule has 2 aromatic heterocycles. The third-order valence-electron chi connectivity index (χ3n) is 4.00. The van der Waals surface area contributed by atoms with Crippen LogP contribution < -0.4 is 9.64 Å². The van der Waals surface area contributed by atoms with Crippen molar-refractivity contribution < 1.29 is 18.7 Å². The minimum atomic E-state index is -0.540. The molecule has 1 aromatic carbocycles. The van der Waals surface area contributed by atoms with E-state index in [2.05, 4.69) is 25.9 Å². The van der Waals surface area contributed by atoms with E-state index in [9.17, 15) is 9.18 Å². The van der Waals surface area contributed by atoms with E-state index in [-0.39, 0.29) is 13.2 Å². The molecule has 1 aliphatic rings. The highest BCUT2D eigenvalue weighted by molar-refractivity contribution is 9.10. The van der Waals surface area contributed by atoms with Crippen LogP contribution >= 0.6 is 15.9 Å². The maximum absolute atomic E-state index is 14.5. The number of benzene rings is 1. The minimum absolute atomic E-state index is 0.170. The van der Waals surface area contributed by atoms with Crippen LogP contribution in [0.4, 0.5) is 14.9 Å². The van der Waals surface area contributed by atoms with Crippen molar-refractivity contribution in [2.45, 2.75) is 6.10 Å². The summed E-state index contributed by atoms with van der Waals surface area (Å²) in [7, 11) is 0. The molecular weight excluding hydrogens is 419 g/mol. The van der Waals surface area contributed by atoms with Gasteiger partial charge in [0.05, 0.1) is 17.9 Å². The second-order valence-electron chi connectivity index (χ2n) is 5.83. The van der Waals surface area contributed by atoms with Gasteiger partial charge < -0.3 is 14.0 Å². The van der Waals surface area contributed by atoms with Crippen LogP contribution in [0.3, 0.4) is 0 Å². The molecule has 3 heterocycles. The topological polar surface area (TPSA) is 69.5 Å². The summed E-state index contributed by atoms with van der Waals surface area (Å²) in [5.74, 6) is -0.0210. The zero-order valence-corrected chi connectivity index (χ0v) is 15.5. The summed E-state index contributed by atoms with van der Waals surface area (Å²) in [5, 5.41) is 0. The molecule has 3 aromatic rings. The van der Waals surface area contributed by atoms with Crippen LogP contribution in [0, 0.1) is 5.82 Å². The van der Waals surface area contributed by atoms with Crippen LogP contribution in [0.15, 0.2) is 59.7 Å². The quantitative estimate of drug-likeness (QED) is 0.616. The number of carbonyl (C=O) groups is 1. The molecule has 1 amide bonds. The average molecular weight is 433 g/mol. The Balaban J connectivity index is 1.45. The second kappa shape index (κ2) is 7.36. The molecule has 0 N–H and O–H groups in total. The molecule has 0 bridgehead atoms. The first kappa shape index (κ1) is 17.5. The number of anilines is 1. The summed E-state index contributed by atoms with van der Waals surface area (Å²) in [6, 6.07) is 9.85. The lowest BCUT2D eigenvalue weighted by Crippen LogP contribution is -2.26. The Bertz CT molecular complexity index is 966. The van der Waals surface area contributed by atoms with Gasteiger partial charge in [0.2, 0.25) is 5.88 Å². The van der Waals surface area contributed by atoms with E-state index in [4.69, 9.17) is 9.47 Å². The molecule has 4 rings (SSSR count). The molecule has 0 aliphatic carbocycles. The molecule has 0 spiro atoms. The molecule has 1 atom stereocenters.